The average Bonchev–Trinajstić information content (AvgIpc) is 2.87. The average molecular weight is 343 g/mol. The number of halogens is 2. The number of carbonyl (C=O) groups excluding carboxylic acids is 1. The predicted molar refractivity (Wildman–Crippen MR) is 80.5 cm³/mol. The molecule has 0 radical (unpaired) electrons. The number of hydrogen-bond acceptors (Lipinski definition) is 5. The van der Waals surface area contributed by atoms with Crippen molar-refractivity contribution in [3.05, 3.63) is 21.6 Å². The molecule has 3 saturated carbocycles. The summed E-state index contributed by atoms with van der Waals surface area (Å²) in [6.45, 7) is 1.06. The molecular formula is C14H16ClFN4O3. The molecule has 2 heterocycles. The highest BCUT2D eigenvalue weighted by Gasteiger charge is 2.70. The molecule has 1 aromatic heterocycles. The minimum Gasteiger partial charge on any atom is -0.444 e. The number of amides is 1. The molecule has 23 heavy (non-hydrogen) atoms. The smallest absolute Gasteiger partial charge is 0.407 e. The van der Waals surface area contributed by atoms with E-state index in [0.29, 0.717) is 44.5 Å². The monoisotopic (exact) mass is 342 g/mol. The van der Waals surface area contributed by atoms with Gasteiger partial charge in [-0.25, -0.2) is 14.3 Å². The van der Waals surface area contributed by atoms with Crippen molar-refractivity contribution in [2.24, 2.45) is 0 Å². The number of aromatic nitrogens is 2. The number of rotatable bonds is 3. The Kier molecular flexibility index (Phi) is 3.10. The van der Waals surface area contributed by atoms with Gasteiger partial charge in [0.05, 0.1) is 24.0 Å². The molecule has 1 aromatic rings. The minimum absolute atomic E-state index is 0.0761. The van der Waals surface area contributed by atoms with E-state index in [-0.39, 0.29) is 16.7 Å². The molecule has 1 saturated heterocycles. The van der Waals surface area contributed by atoms with Gasteiger partial charge in [-0.3, -0.25) is 4.79 Å². The third-order valence-corrected chi connectivity index (χ3v) is 5.23. The summed E-state index contributed by atoms with van der Waals surface area (Å²) in [5.74, 6) is 0. The molecule has 4 fully saturated rings. The zero-order valence-corrected chi connectivity index (χ0v) is 13.0. The number of carbonyl (C=O) groups is 1. The maximum atomic E-state index is 13.4. The number of alkyl carbamates (subject to hydrolysis) is 1. The van der Waals surface area contributed by atoms with Gasteiger partial charge in [-0.2, -0.15) is 5.10 Å². The molecule has 124 valence electrons. The van der Waals surface area contributed by atoms with Crippen molar-refractivity contribution in [2.45, 2.75) is 43.0 Å². The summed E-state index contributed by atoms with van der Waals surface area (Å²) in [6.07, 6.45) is 2.48. The molecule has 7 nitrogen and oxygen atoms in total. The molecule has 1 amide bonds. The van der Waals surface area contributed by atoms with Gasteiger partial charge < -0.3 is 15.0 Å². The molecule has 0 aromatic carbocycles. The van der Waals surface area contributed by atoms with Gasteiger partial charge in [0.25, 0.3) is 5.56 Å². The highest BCUT2D eigenvalue weighted by atomic mass is 35.5. The molecule has 0 spiro atoms. The van der Waals surface area contributed by atoms with Crippen molar-refractivity contribution >= 4 is 23.4 Å². The van der Waals surface area contributed by atoms with E-state index in [0.717, 1.165) is 0 Å². The largest absolute Gasteiger partial charge is 0.444 e. The van der Waals surface area contributed by atoms with Crippen LogP contribution in [-0.4, -0.2) is 46.7 Å². The van der Waals surface area contributed by atoms with Crippen molar-refractivity contribution < 1.29 is 13.9 Å². The van der Waals surface area contributed by atoms with Gasteiger partial charge in [-0.05, 0) is 0 Å². The number of nitrogens with one attached hydrogen (secondary N) is 2. The van der Waals surface area contributed by atoms with Crippen LogP contribution in [0.2, 0.25) is 5.02 Å². The summed E-state index contributed by atoms with van der Waals surface area (Å²) >= 11 is 5.98. The minimum atomic E-state index is -1.05. The number of aromatic amines is 1. The summed E-state index contributed by atoms with van der Waals surface area (Å²) in [5, 5.41) is 8.85. The van der Waals surface area contributed by atoms with Crippen LogP contribution in [-0.2, 0) is 4.74 Å². The van der Waals surface area contributed by atoms with Crippen LogP contribution in [0.4, 0.5) is 14.9 Å². The lowest BCUT2D eigenvalue weighted by Crippen LogP contribution is -2.76. The quantitative estimate of drug-likeness (QED) is 0.866. The molecule has 4 aliphatic rings. The van der Waals surface area contributed by atoms with Crippen molar-refractivity contribution in [1.29, 1.82) is 0 Å². The van der Waals surface area contributed by atoms with Crippen molar-refractivity contribution in [1.82, 2.24) is 15.5 Å². The van der Waals surface area contributed by atoms with E-state index < -0.39 is 17.3 Å². The van der Waals surface area contributed by atoms with Crippen molar-refractivity contribution in [3.8, 4) is 0 Å². The van der Waals surface area contributed by atoms with Crippen LogP contribution >= 0.6 is 11.6 Å². The summed E-state index contributed by atoms with van der Waals surface area (Å²) in [4.78, 5) is 25.3. The Bertz CT molecular complexity index is 704. The summed E-state index contributed by atoms with van der Waals surface area (Å²) < 4.78 is 18.8. The van der Waals surface area contributed by atoms with Gasteiger partial charge in [0.2, 0.25) is 0 Å². The van der Waals surface area contributed by atoms with Gasteiger partial charge in [-0.15, -0.1) is 0 Å². The fourth-order valence-corrected chi connectivity index (χ4v) is 4.04. The highest BCUT2D eigenvalue weighted by molar-refractivity contribution is 6.33. The van der Waals surface area contributed by atoms with Gasteiger partial charge >= 0.3 is 6.09 Å². The fourth-order valence-electron chi connectivity index (χ4n) is 3.83. The lowest BCUT2D eigenvalue weighted by atomic mass is 9.47. The van der Waals surface area contributed by atoms with E-state index >= 15 is 0 Å². The van der Waals surface area contributed by atoms with Gasteiger partial charge in [-0.1, -0.05) is 11.6 Å². The number of anilines is 1. The fraction of sp³-hybridized carbons (Fsp3) is 0.643. The van der Waals surface area contributed by atoms with Crippen molar-refractivity contribution in [3.63, 3.8) is 0 Å². The Hall–Kier alpha value is -1.83. The van der Waals surface area contributed by atoms with E-state index in [4.69, 9.17) is 16.3 Å². The highest BCUT2D eigenvalue weighted by Crippen LogP contribution is 2.62. The first-order chi connectivity index (χ1) is 10.9. The van der Waals surface area contributed by atoms with Gasteiger partial charge in [0.15, 0.2) is 0 Å². The molecular weight excluding hydrogens is 327 g/mol. The molecule has 9 heteroatoms. The van der Waals surface area contributed by atoms with Crippen LogP contribution in [0.5, 0.6) is 0 Å². The normalized spacial score (nSPS) is 34.5. The first kappa shape index (κ1) is 14.7. The van der Waals surface area contributed by atoms with Gasteiger partial charge in [0, 0.05) is 32.2 Å². The topological polar surface area (TPSA) is 87.3 Å². The predicted octanol–water partition coefficient (Wildman–Crippen LogP) is 1.37. The van der Waals surface area contributed by atoms with E-state index in [1.165, 1.54) is 6.20 Å². The van der Waals surface area contributed by atoms with E-state index in [1.807, 2.05) is 4.90 Å². The summed E-state index contributed by atoms with van der Waals surface area (Å²) in [7, 11) is 0. The van der Waals surface area contributed by atoms with E-state index in [9.17, 15) is 14.0 Å². The molecule has 3 aliphatic carbocycles. The Morgan fingerprint density at radius 1 is 1.52 bits per heavy atom. The van der Waals surface area contributed by atoms with Crippen LogP contribution in [0.3, 0.4) is 0 Å². The van der Waals surface area contributed by atoms with Gasteiger partial charge in [0.1, 0.15) is 16.8 Å². The SMILES string of the molecule is O=C(NC12CC(F)(C1)C2)O[C@@H]1CCN(c2cn[nH]c(=O)c2Cl)C1. The maximum absolute atomic E-state index is 13.4. The molecule has 5 rings (SSSR count). The third kappa shape index (κ3) is 2.45. The first-order valence-electron chi connectivity index (χ1n) is 7.54. The summed E-state index contributed by atoms with van der Waals surface area (Å²) in [6, 6.07) is 0. The molecule has 2 N–H and O–H groups in total. The second-order valence-electron chi connectivity index (χ2n) is 6.75. The number of hydrogen-bond donors (Lipinski definition) is 2. The Labute approximate surface area is 136 Å². The second-order valence-corrected chi connectivity index (χ2v) is 7.12. The number of nitrogens with zero attached hydrogens (tertiary/aromatic N) is 2. The molecule has 2 bridgehead atoms. The standard InChI is InChI=1S/C14H16ClFN4O3/c15-10-9(3-17-19-11(10)21)20-2-1-8(4-20)23-12(22)18-14-5-13(16,6-14)7-14/h3,8H,1-2,4-7H2,(H,18,22)(H,19,21)/t8-,13?,14?/m1/s1. The van der Waals surface area contributed by atoms with E-state index in [1.54, 1.807) is 0 Å². The van der Waals surface area contributed by atoms with Crippen LogP contribution in [0.1, 0.15) is 25.7 Å². The second kappa shape index (κ2) is 4.83. The van der Waals surface area contributed by atoms with Crippen LogP contribution in [0, 0.1) is 0 Å². The molecule has 1 aliphatic heterocycles. The maximum Gasteiger partial charge on any atom is 0.407 e. The van der Waals surface area contributed by atoms with E-state index in [2.05, 4.69) is 15.5 Å². The van der Waals surface area contributed by atoms with Crippen LogP contribution in [0.25, 0.3) is 0 Å². The van der Waals surface area contributed by atoms with Crippen LogP contribution in [0.15, 0.2) is 11.0 Å². The Morgan fingerprint density at radius 2 is 2.26 bits per heavy atom. The number of ether oxygens (including phenoxy) is 1. The Morgan fingerprint density at radius 3 is 2.96 bits per heavy atom. The zero-order chi connectivity index (χ0) is 16.2. The Balaban J connectivity index is 1.33. The third-order valence-electron chi connectivity index (χ3n) is 4.87. The molecule has 1 atom stereocenters. The zero-order valence-electron chi connectivity index (χ0n) is 12.3. The lowest BCUT2D eigenvalue weighted by Gasteiger charge is -2.65. The molecule has 0 unspecified atom stereocenters. The van der Waals surface area contributed by atoms with Crippen LogP contribution < -0.4 is 15.8 Å². The summed E-state index contributed by atoms with van der Waals surface area (Å²) in [5.41, 5.74) is -1.36. The number of H-pyrrole nitrogens is 1. The first-order valence-corrected chi connectivity index (χ1v) is 7.92. The number of alkyl halides is 1. The lowest BCUT2D eigenvalue weighted by molar-refractivity contribution is -0.165. The van der Waals surface area contributed by atoms with Crippen molar-refractivity contribution in [2.75, 3.05) is 18.0 Å².